The summed E-state index contributed by atoms with van der Waals surface area (Å²) in [5.74, 6) is 1.00. The number of carbonyl (C=O) groups is 1. The van der Waals surface area contributed by atoms with Crippen molar-refractivity contribution in [3.05, 3.63) is 65.7 Å². The van der Waals surface area contributed by atoms with Crippen LogP contribution in [0.1, 0.15) is 25.0 Å². The number of nitrogens with zero attached hydrogens (tertiary/aromatic N) is 4. The second-order valence-electron chi connectivity index (χ2n) is 6.96. The Labute approximate surface area is 169 Å². The molecule has 0 bridgehead atoms. The second-order valence-corrected chi connectivity index (χ2v) is 8.26. The number of amides is 1. The lowest BCUT2D eigenvalue weighted by atomic mass is 10.00. The van der Waals surface area contributed by atoms with Gasteiger partial charge in [-0.25, -0.2) is 0 Å². The summed E-state index contributed by atoms with van der Waals surface area (Å²) < 4.78 is 2.08. The third-order valence-electron chi connectivity index (χ3n) is 5.14. The lowest BCUT2D eigenvalue weighted by Gasteiger charge is -2.30. The third-order valence-corrected chi connectivity index (χ3v) is 6.21. The molecule has 3 aromatic rings. The van der Waals surface area contributed by atoms with E-state index in [0.29, 0.717) is 6.54 Å². The van der Waals surface area contributed by atoms with Gasteiger partial charge in [0.2, 0.25) is 5.91 Å². The van der Waals surface area contributed by atoms with E-state index in [4.69, 9.17) is 0 Å². The molecule has 0 saturated carbocycles. The quantitative estimate of drug-likeness (QED) is 0.615. The van der Waals surface area contributed by atoms with Gasteiger partial charge in [0.25, 0.3) is 0 Å². The molecule has 1 aliphatic rings. The molecule has 28 heavy (non-hydrogen) atoms. The van der Waals surface area contributed by atoms with Crippen molar-refractivity contribution in [1.82, 2.24) is 19.7 Å². The van der Waals surface area contributed by atoms with E-state index in [-0.39, 0.29) is 11.2 Å². The number of rotatable bonds is 5. The average Bonchev–Trinajstić information content (AvgIpc) is 3.15. The van der Waals surface area contributed by atoms with Crippen LogP contribution in [0.4, 0.5) is 0 Å². The molecule has 6 heteroatoms. The first-order chi connectivity index (χ1) is 13.7. The Bertz CT molecular complexity index is 970. The number of benzene rings is 2. The number of fused-ring (bicyclic) bond motifs is 1. The van der Waals surface area contributed by atoms with Crippen molar-refractivity contribution < 1.29 is 4.79 Å². The smallest absolute Gasteiger partial charge is 0.236 e. The van der Waals surface area contributed by atoms with Gasteiger partial charge in [-0.3, -0.25) is 4.79 Å². The van der Waals surface area contributed by atoms with Crippen LogP contribution in [0.3, 0.4) is 0 Å². The Morgan fingerprint density at radius 2 is 1.79 bits per heavy atom. The van der Waals surface area contributed by atoms with Crippen LogP contribution in [0.25, 0.3) is 11.4 Å². The minimum absolute atomic E-state index is 0.159. The zero-order valence-corrected chi connectivity index (χ0v) is 17.0. The molecule has 0 saturated heterocycles. The summed E-state index contributed by atoms with van der Waals surface area (Å²) in [5, 5.41) is 9.34. The molecule has 0 aliphatic carbocycles. The van der Waals surface area contributed by atoms with Gasteiger partial charge in [-0.2, -0.15) is 0 Å². The van der Waals surface area contributed by atoms with Crippen LogP contribution < -0.4 is 0 Å². The minimum Gasteiger partial charge on any atom is -0.337 e. The monoisotopic (exact) mass is 392 g/mol. The lowest BCUT2D eigenvalue weighted by Crippen LogP contribution is -2.40. The fraction of sp³-hybridized carbons (Fsp3) is 0.318. The van der Waals surface area contributed by atoms with E-state index in [9.17, 15) is 4.79 Å². The maximum atomic E-state index is 13.0. The van der Waals surface area contributed by atoms with Gasteiger partial charge in [0.1, 0.15) is 0 Å². The highest BCUT2D eigenvalue weighted by Gasteiger charge is 2.27. The van der Waals surface area contributed by atoms with E-state index < -0.39 is 0 Å². The number of thioether (sulfide) groups is 1. The van der Waals surface area contributed by atoms with Gasteiger partial charge in [0.05, 0.1) is 5.25 Å². The van der Waals surface area contributed by atoms with Crippen molar-refractivity contribution in [3.8, 4) is 11.4 Å². The molecule has 0 fully saturated rings. The molecule has 1 amide bonds. The van der Waals surface area contributed by atoms with Crippen molar-refractivity contribution in [3.63, 3.8) is 0 Å². The Morgan fingerprint density at radius 3 is 2.54 bits per heavy atom. The van der Waals surface area contributed by atoms with Crippen molar-refractivity contribution >= 4 is 17.7 Å². The molecule has 0 spiro atoms. The largest absolute Gasteiger partial charge is 0.337 e. The zero-order chi connectivity index (χ0) is 19.5. The first-order valence-electron chi connectivity index (χ1n) is 9.68. The molecule has 0 N–H and O–H groups in total. The zero-order valence-electron chi connectivity index (χ0n) is 16.2. The molecule has 2 aromatic carbocycles. The van der Waals surface area contributed by atoms with Crippen molar-refractivity contribution in [2.75, 3.05) is 6.54 Å². The summed E-state index contributed by atoms with van der Waals surface area (Å²) in [4.78, 5) is 15.0. The summed E-state index contributed by atoms with van der Waals surface area (Å²) in [6.45, 7) is 6.27. The van der Waals surface area contributed by atoms with Gasteiger partial charge in [0, 0.05) is 25.2 Å². The molecular weight excluding hydrogens is 368 g/mol. The van der Waals surface area contributed by atoms with Gasteiger partial charge in [0.15, 0.2) is 11.0 Å². The van der Waals surface area contributed by atoms with Gasteiger partial charge >= 0.3 is 0 Å². The first-order valence-corrected chi connectivity index (χ1v) is 10.6. The highest BCUT2D eigenvalue weighted by atomic mass is 32.2. The molecule has 144 valence electrons. The maximum Gasteiger partial charge on any atom is 0.236 e. The van der Waals surface area contributed by atoms with Crippen LogP contribution in [0.2, 0.25) is 0 Å². The number of hydrogen-bond acceptors (Lipinski definition) is 4. The topological polar surface area (TPSA) is 51.0 Å². The number of aromatic nitrogens is 3. The molecule has 2 heterocycles. The van der Waals surface area contributed by atoms with Crippen LogP contribution in [0.15, 0.2) is 59.8 Å². The third kappa shape index (κ3) is 3.69. The van der Waals surface area contributed by atoms with E-state index in [2.05, 4.69) is 39.9 Å². The summed E-state index contributed by atoms with van der Waals surface area (Å²) in [6.07, 6.45) is 0.919. The predicted molar refractivity (Wildman–Crippen MR) is 112 cm³/mol. The standard InChI is InChI=1S/C22H24N4OS/c1-3-26-20(18-10-5-4-6-11-18)23-24-22(26)28-16(2)21(27)25-14-13-17-9-7-8-12-19(17)15-25/h4-12,16H,3,13-15H2,1-2H3/t16-/m0/s1. The fourth-order valence-corrected chi connectivity index (χ4v) is 4.61. The SMILES string of the molecule is CCn1c(S[C@@H](C)C(=O)N2CCc3ccccc3C2)nnc1-c1ccccc1. The summed E-state index contributed by atoms with van der Waals surface area (Å²) in [7, 11) is 0. The highest BCUT2D eigenvalue weighted by molar-refractivity contribution is 8.00. The number of hydrogen-bond donors (Lipinski definition) is 0. The molecule has 1 aromatic heterocycles. The number of carbonyl (C=O) groups excluding carboxylic acids is 1. The maximum absolute atomic E-state index is 13.0. The molecule has 4 rings (SSSR count). The Morgan fingerprint density at radius 1 is 1.07 bits per heavy atom. The second kappa shape index (κ2) is 8.19. The van der Waals surface area contributed by atoms with Crippen LogP contribution in [0.5, 0.6) is 0 Å². The predicted octanol–water partition coefficient (Wildman–Crippen LogP) is 4.03. The molecule has 1 aliphatic heterocycles. The summed E-state index contributed by atoms with van der Waals surface area (Å²) >= 11 is 1.49. The normalized spacial score (nSPS) is 14.6. The van der Waals surface area contributed by atoms with Crippen LogP contribution in [-0.4, -0.2) is 37.4 Å². The molecular formula is C22H24N4OS. The molecule has 0 unspecified atom stereocenters. The highest BCUT2D eigenvalue weighted by Crippen LogP contribution is 2.28. The van der Waals surface area contributed by atoms with E-state index in [0.717, 1.165) is 36.1 Å². The van der Waals surface area contributed by atoms with E-state index in [1.165, 1.54) is 22.9 Å². The molecule has 0 radical (unpaired) electrons. The van der Waals surface area contributed by atoms with Crippen molar-refractivity contribution in [1.29, 1.82) is 0 Å². The van der Waals surface area contributed by atoms with Gasteiger partial charge < -0.3 is 9.47 Å². The van der Waals surface area contributed by atoms with Crippen LogP contribution in [-0.2, 0) is 24.3 Å². The fourth-order valence-electron chi connectivity index (χ4n) is 3.61. The van der Waals surface area contributed by atoms with Crippen molar-refractivity contribution in [2.45, 2.75) is 43.8 Å². The van der Waals surface area contributed by atoms with Crippen molar-refractivity contribution in [2.24, 2.45) is 0 Å². The van der Waals surface area contributed by atoms with E-state index in [1.807, 2.05) is 48.2 Å². The summed E-state index contributed by atoms with van der Waals surface area (Å²) in [6, 6.07) is 18.4. The van der Waals surface area contributed by atoms with Gasteiger partial charge in [-0.05, 0) is 31.4 Å². The van der Waals surface area contributed by atoms with E-state index in [1.54, 1.807) is 0 Å². The van der Waals surface area contributed by atoms with Crippen LogP contribution in [0, 0.1) is 0 Å². The Hall–Kier alpha value is -2.60. The first kappa shape index (κ1) is 18.7. The van der Waals surface area contributed by atoms with Gasteiger partial charge in [-0.15, -0.1) is 10.2 Å². The van der Waals surface area contributed by atoms with E-state index >= 15 is 0 Å². The average molecular weight is 393 g/mol. The Kier molecular flexibility index (Phi) is 5.48. The summed E-state index contributed by atoms with van der Waals surface area (Å²) in [5.41, 5.74) is 3.64. The lowest BCUT2D eigenvalue weighted by molar-refractivity contribution is -0.131. The van der Waals surface area contributed by atoms with Gasteiger partial charge in [-0.1, -0.05) is 66.4 Å². The molecule has 5 nitrogen and oxygen atoms in total. The minimum atomic E-state index is -0.205. The Balaban J connectivity index is 1.49. The molecule has 1 atom stereocenters. The van der Waals surface area contributed by atoms with Crippen LogP contribution >= 0.6 is 11.8 Å².